The highest BCUT2D eigenvalue weighted by molar-refractivity contribution is 5.07. The second-order valence-electron chi connectivity index (χ2n) is 5.17. The summed E-state index contributed by atoms with van der Waals surface area (Å²) in [6.07, 6.45) is 8.47. The van der Waals surface area contributed by atoms with Gasteiger partial charge in [0.2, 0.25) is 0 Å². The highest BCUT2D eigenvalue weighted by Crippen LogP contribution is 2.28. The van der Waals surface area contributed by atoms with Crippen molar-refractivity contribution >= 4 is 0 Å². The van der Waals surface area contributed by atoms with Crippen molar-refractivity contribution in [2.24, 2.45) is 5.92 Å². The van der Waals surface area contributed by atoms with E-state index in [1.165, 1.54) is 31.2 Å². The third-order valence-corrected chi connectivity index (χ3v) is 3.62. The molecule has 1 fully saturated rings. The van der Waals surface area contributed by atoms with Gasteiger partial charge in [-0.2, -0.15) is 0 Å². The molecule has 0 aliphatic heterocycles. The van der Waals surface area contributed by atoms with E-state index in [2.05, 4.69) is 23.0 Å². The smallest absolute Gasteiger partial charge is 0.0695 e. The number of likely N-dealkylation sites (N-methyl/N-ethyl adjacent to an activating group) is 1. The van der Waals surface area contributed by atoms with Crippen molar-refractivity contribution < 1.29 is 5.11 Å². The lowest BCUT2D eigenvalue weighted by Crippen LogP contribution is -2.33. The minimum absolute atomic E-state index is 0.167. The minimum atomic E-state index is -0.167. The average molecular weight is 234 g/mol. The van der Waals surface area contributed by atoms with Crippen LogP contribution in [0.3, 0.4) is 0 Å². The van der Waals surface area contributed by atoms with Crippen molar-refractivity contribution in [3.63, 3.8) is 0 Å². The third-order valence-electron chi connectivity index (χ3n) is 3.62. The van der Waals surface area contributed by atoms with Gasteiger partial charge in [0, 0.05) is 25.5 Å². The van der Waals surface area contributed by atoms with Crippen LogP contribution in [-0.2, 0) is 6.54 Å². The summed E-state index contributed by atoms with van der Waals surface area (Å²) in [4.78, 5) is 6.29. The molecule has 1 aliphatic rings. The Hall–Kier alpha value is -0.930. The third kappa shape index (κ3) is 3.79. The van der Waals surface area contributed by atoms with E-state index in [0.29, 0.717) is 5.92 Å². The molecule has 94 valence electrons. The topological polar surface area (TPSA) is 36.4 Å². The molecule has 1 aliphatic carbocycles. The second kappa shape index (κ2) is 6.12. The summed E-state index contributed by atoms with van der Waals surface area (Å²) in [5.74, 6) is 0.520. The molecule has 1 unspecified atom stereocenters. The summed E-state index contributed by atoms with van der Waals surface area (Å²) in [7, 11) is 2.06. The number of aromatic nitrogens is 1. The van der Waals surface area contributed by atoms with Crippen LogP contribution in [0.2, 0.25) is 0 Å². The second-order valence-corrected chi connectivity index (χ2v) is 5.17. The van der Waals surface area contributed by atoms with E-state index in [4.69, 9.17) is 0 Å². The maximum absolute atomic E-state index is 10.1. The summed E-state index contributed by atoms with van der Waals surface area (Å²) in [5.41, 5.74) is 1.20. The van der Waals surface area contributed by atoms with Crippen LogP contribution in [0.25, 0.3) is 0 Å². The molecule has 3 heteroatoms. The molecule has 0 bridgehead atoms. The van der Waals surface area contributed by atoms with Gasteiger partial charge in [0.1, 0.15) is 0 Å². The van der Waals surface area contributed by atoms with Gasteiger partial charge < -0.3 is 5.11 Å². The molecule has 17 heavy (non-hydrogen) atoms. The van der Waals surface area contributed by atoms with Crippen molar-refractivity contribution in [1.82, 2.24) is 9.88 Å². The number of rotatable bonds is 5. The Morgan fingerprint density at radius 2 is 2.24 bits per heavy atom. The van der Waals surface area contributed by atoms with Gasteiger partial charge in [-0.25, -0.2) is 0 Å². The number of hydrogen-bond donors (Lipinski definition) is 1. The zero-order chi connectivity index (χ0) is 12.1. The van der Waals surface area contributed by atoms with E-state index >= 15 is 0 Å². The quantitative estimate of drug-likeness (QED) is 0.847. The van der Waals surface area contributed by atoms with Gasteiger partial charge in [-0.1, -0.05) is 18.9 Å². The summed E-state index contributed by atoms with van der Waals surface area (Å²) in [6, 6.07) is 4.03. The predicted molar refractivity (Wildman–Crippen MR) is 68.5 cm³/mol. The first-order chi connectivity index (χ1) is 8.25. The predicted octanol–water partition coefficient (Wildman–Crippen LogP) is 2.06. The van der Waals surface area contributed by atoms with Crippen molar-refractivity contribution in [2.45, 2.75) is 38.3 Å². The number of aliphatic hydroxyl groups is 1. The number of aliphatic hydroxyl groups excluding tert-OH is 1. The van der Waals surface area contributed by atoms with Crippen LogP contribution in [0.1, 0.15) is 31.2 Å². The molecule has 0 aromatic carbocycles. The fourth-order valence-corrected chi connectivity index (χ4v) is 2.68. The molecule has 1 atom stereocenters. The van der Waals surface area contributed by atoms with Crippen LogP contribution >= 0.6 is 0 Å². The molecule has 3 nitrogen and oxygen atoms in total. The maximum atomic E-state index is 10.1. The van der Waals surface area contributed by atoms with Gasteiger partial charge in [0.25, 0.3) is 0 Å². The van der Waals surface area contributed by atoms with Gasteiger partial charge >= 0.3 is 0 Å². The Morgan fingerprint density at radius 3 is 2.88 bits per heavy atom. The Morgan fingerprint density at radius 1 is 1.47 bits per heavy atom. The molecule has 2 rings (SSSR count). The highest BCUT2D eigenvalue weighted by Gasteiger charge is 2.23. The minimum Gasteiger partial charge on any atom is -0.392 e. The van der Waals surface area contributed by atoms with Gasteiger partial charge in [-0.15, -0.1) is 0 Å². The molecular formula is C14H22N2O. The van der Waals surface area contributed by atoms with Crippen molar-refractivity contribution in [3.05, 3.63) is 30.1 Å². The molecule has 1 heterocycles. The van der Waals surface area contributed by atoms with Crippen LogP contribution in [-0.4, -0.2) is 34.7 Å². The Kier molecular flexibility index (Phi) is 4.51. The number of nitrogens with zero attached hydrogens (tertiary/aromatic N) is 2. The lowest BCUT2D eigenvalue weighted by molar-refractivity contribution is 0.0724. The molecule has 1 aromatic rings. The zero-order valence-electron chi connectivity index (χ0n) is 10.5. The van der Waals surface area contributed by atoms with Gasteiger partial charge in [-0.3, -0.25) is 9.88 Å². The summed E-state index contributed by atoms with van der Waals surface area (Å²) in [5, 5.41) is 10.1. The molecule has 1 N–H and O–H groups in total. The first-order valence-corrected chi connectivity index (χ1v) is 6.51. The number of pyridine rings is 1. The van der Waals surface area contributed by atoms with Crippen LogP contribution < -0.4 is 0 Å². The van der Waals surface area contributed by atoms with Crippen molar-refractivity contribution in [3.8, 4) is 0 Å². The lowest BCUT2D eigenvalue weighted by atomic mass is 10.0. The number of hydrogen-bond acceptors (Lipinski definition) is 3. The average Bonchev–Trinajstić information content (AvgIpc) is 2.83. The molecule has 0 amide bonds. The van der Waals surface area contributed by atoms with E-state index in [9.17, 15) is 5.11 Å². The normalized spacial score (nSPS) is 18.8. The lowest BCUT2D eigenvalue weighted by Gasteiger charge is -2.24. The summed E-state index contributed by atoms with van der Waals surface area (Å²) in [6.45, 7) is 1.62. The van der Waals surface area contributed by atoms with Crippen LogP contribution in [0.15, 0.2) is 24.5 Å². The molecule has 0 saturated heterocycles. The van der Waals surface area contributed by atoms with Gasteiger partial charge in [-0.05, 0) is 37.4 Å². The first-order valence-electron chi connectivity index (χ1n) is 6.51. The maximum Gasteiger partial charge on any atom is 0.0695 e. The summed E-state index contributed by atoms with van der Waals surface area (Å²) < 4.78 is 0. The van der Waals surface area contributed by atoms with Crippen molar-refractivity contribution in [1.29, 1.82) is 0 Å². The van der Waals surface area contributed by atoms with Crippen LogP contribution in [0, 0.1) is 5.92 Å². The van der Waals surface area contributed by atoms with E-state index in [1.54, 1.807) is 6.20 Å². The fourth-order valence-electron chi connectivity index (χ4n) is 2.68. The van der Waals surface area contributed by atoms with E-state index in [0.717, 1.165) is 13.1 Å². The van der Waals surface area contributed by atoms with E-state index < -0.39 is 0 Å². The largest absolute Gasteiger partial charge is 0.392 e. The molecule has 0 radical (unpaired) electrons. The monoisotopic (exact) mass is 234 g/mol. The van der Waals surface area contributed by atoms with E-state index in [1.807, 2.05) is 12.3 Å². The fraction of sp³-hybridized carbons (Fsp3) is 0.643. The highest BCUT2D eigenvalue weighted by atomic mass is 16.3. The van der Waals surface area contributed by atoms with Crippen LogP contribution in [0.5, 0.6) is 0 Å². The van der Waals surface area contributed by atoms with Gasteiger partial charge in [0.15, 0.2) is 0 Å². The van der Waals surface area contributed by atoms with Crippen LogP contribution in [0.4, 0.5) is 0 Å². The zero-order valence-corrected chi connectivity index (χ0v) is 10.5. The Labute approximate surface area is 103 Å². The first kappa shape index (κ1) is 12.5. The standard InChI is InChI=1S/C14H22N2O/c1-16(10-12-5-4-8-15-9-12)11-14(17)13-6-2-3-7-13/h4-5,8-9,13-14,17H,2-3,6-7,10-11H2,1H3. The molecule has 1 aromatic heterocycles. The molecule has 0 spiro atoms. The Balaban J connectivity index is 1.78. The molecular weight excluding hydrogens is 212 g/mol. The van der Waals surface area contributed by atoms with Crippen molar-refractivity contribution in [2.75, 3.05) is 13.6 Å². The molecule has 1 saturated carbocycles. The summed E-state index contributed by atoms with van der Waals surface area (Å²) >= 11 is 0. The van der Waals surface area contributed by atoms with E-state index in [-0.39, 0.29) is 6.10 Å². The SMILES string of the molecule is CN(Cc1cccnc1)CC(O)C1CCCC1. The Bertz CT molecular complexity index is 322. The van der Waals surface area contributed by atoms with Gasteiger partial charge in [0.05, 0.1) is 6.10 Å².